The zero-order valence-corrected chi connectivity index (χ0v) is 19.2. The Balaban J connectivity index is 1.52. The second kappa shape index (κ2) is 10.5. The number of aromatic amines is 1. The number of amides is 1. The van der Waals surface area contributed by atoms with E-state index >= 15 is 0 Å². The van der Waals surface area contributed by atoms with Crippen molar-refractivity contribution in [3.05, 3.63) is 77.0 Å². The molecular formula is C24H24FN5O3S. The van der Waals surface area contributed by atoms with Crippen LogP contribution in [0.3, 0.4) is 0 Å². The molecule has 1 aliphatic rings. The number of H-pyrrole nitrogens is 1. The number of hydrogen-bond donors (Lipinski definition) is 2. The minimum Gasteiger partial charge on any atom is -0.354 e. The lowest BCUT2D eigenvalue weighted by molar-refractivity contribution is 0.0953. The van der Waals surface area contributed by atoms with E-state index in [0.717, 1.165) is 18.4 Å². The van der Waals surface area contributed by atoms with E-state index in [9.17, 15) is 17.6 Å². The van der Waals surface area contributed by atoms with Crippen LogP contribution in [0.2, 0.25) is 0 Å². The van der Waals surface area contributed by atoms with Crippen molar-refractivity contribution in [1.29, 1.82) is 0 Å². The number of rotatable bonds is 6. The van der Waals surface area contributed by atoms with Crippen LogP contribution < -0.4 is 10.2 Å². The van der Waals surface area contributed by atoms with Crippen molar-refractivity contribution >= 4 is 21.6 Å². The molecule has 10 heteroatoms. The van der Waals surface area contributed by atoms with E-state index in [0.29, 0.717) is 42.1 Å². The van der Waals surface area contributed by atoms with Gasteiger partial charge in [0.05, 0.1) is 28.8 Å². The fourth-order valence-electron chi connectivity index (χ4n) is 3.53. The number of nitrogens with zero attached hydrogens (tertiary/aromatic N) is 3. The number of halogens is 1. The van der Waals surface area contributed by atoms with Crippen molar-refractivity contribution in [2.75, 3.05) is 36.0 Å². The van der Waals surface area contributed by atoms with E-state index in [2.05, 4.69) is 32.3 Å². The van der Waals surface area contributed by atoms with Gasteiger partial charge in [-0.15, -0.1) is 0 Å². The van der Waals surface area contributed by atoms with E-state index in [1.807, 2.05) is 11.1 Å². The van der Waals surface area contributed by atoms with Crippen LogP contribution in [-0.2, 0) is 16.3 Å². The van der Waals surface area contributed by atoms with Crippen LogP contribution >= 0.6 is 0 Å². The Labute approximate surface area is 197 Å². The molecule has 0 spiro atoms. The van der Waals surface area contributed by atoms with Gasteiger partial charge in [-0.3, -0.25) is 9.89 Å². The fraction of sp³-hybridized carbons (Fsp3) is 0.292. The first-order valence-electron chi connectivity index (χ1n) is 10.9. The van der Waals surface area contributed by atoms with E-state index in [4.69, 9.17) is 0 Å². The molecule has 0 aliphatic carbocycles. The third-order valence-electron chi connectivity index (χ3n) is 5.44. The molecule has 176 valence electrons. The largest absolute Gasteiger partial charge is 0.354 e. The summed E-state index contributed by atoms with van der Waals surface area (Å²) in [5.74, 6) is 6.00. The van der Waals surface area contributed by atoms with Crippen molar-refractivity contribution in [3.63, 3.8) is 0 Å². The molecule has 1 fully saturated rings. The predicted octanol–water partition coefficient (Wildman–Crippen LogP) is 1.94. The molecule has 3 heterocycles. The fourth-order valence-corrected chi connectivity index (χ4v) is 4.73. The molecule has 1 aromatic carbocycles. The second-order valence-corrected chi connectivity index (χ2v) is 10.3. The minimum atomic E-state index is -3.06. The molecule has 4 rings (SSSR count). The highest BCUT2D eigenvalue weighted by molar-refractivity contribution is 7.91. The molecule has 2 N–H and O–H groups in total. The van der Waals surface area contributed by atoms with E-state index < -0.39 is 9.84 Å². The van der Waals surface area contributed by atoms with E-state index in [-0.39, 0.29) is 23.2 Å². The van der Waals surface area contributed by atoms with Crippen LogP contribution in [0.4, 0.5) is 10.2 Å². The summed E-state index contributed by atoms with van der Waals surface area (Å²) in [5.41, 5.74) is 2.56. The van der Waals surface area contributed by atoms with E-state index in [1.54, 1.807) is 24.4 Å². The lowest BCUT2D eigenvalue weighted by Crippen LogP contribution is -2.41. The Bertz CT molecular complexity index is 1300. The first kappa shape index (κ1) is 23.4. The zero-order chi connectivity index (χ0) is 24.0. The number of sulfone groups is 1. The molecular weight excluding hydrogens is 457 g/mol. The van der Waals surface area contributed by atoms with Crippen molar-refractivity contribution in [2.24, 2.45) is 0 Å². The molecule has 0 bridgehead atoms. The lowest BCUT2D eigenvalue weighted by Gasteiger charge is -2.28. The van der Waals surface area contributed by atoms with Gasteiger partial charge in [-0.1, -0.05) is 11.8 Å². The number of aromatic nitrogens is 3. The maximum atomic E-state index is 13.2. The molecule has 0 atom stereocenters. The number of aryl methyl sites for hydroxylation is 1. The molecule has 1 saturated heterocycles. The standard InChI is InChI=1S/C24H24FN5O3S/c25-22-7-4-18(5-8-22)3-6-20-14-21(24(31)26-9-1-2-19-15-28-29-16-19)17-27-23(20)30-10-12-34(32,33)13-11-30/h4-5,7-8,14-17H,1-2,9-13H2,(H,26,31)(H,28,29). The van der Waals surface area contributed by atoms with Crippen molar-refractivity contribution in [1.82, 2.24) is 20.5 Å². The van der Waals surface area contributed by atoms with Gasteiger partial charge in [0.2, 0.25) is 0 Å². The topological polar surface area (TPSA) is 108 Å². The second-order valence-electron chi connectivity index (χ2n) is 7.96. The summed E-state index contributed by atoms with van der Waals surface area (Å²) in [6.45, 7) is 1.10. The number of benzene rings is 1. The predicted molar refractivity (Wildman–Crippen MR) is 127 cm³/mol. The normalized spacial score (nSPS) is 14.8. The number of anilines is 1. The van der Waals surface area contributed by atoms with Gasteiger partial charge in [0.25, 0.3) is 5.91 Å². The minimum absolute atomic E-state index is 0.0401. The number of carbonyl (C=O) groups excluding carboxylic acids is 1. The Hall–Kier alpha value is -3.71. The van der Waals surface area contributed by atoms with Crippen LogP contribution in [0.25, 0.3) is 0 Å². The average molecular weight is 482 g/mol. The summed E-state index contributed by atoms with van der Waals surface area (Å²) in [7, 11) is -3.06. The monoisotopic (exact) mass is 481 g/mol. The molecule has 1 aliphatic heterocycles. The van der Waals surface area contributed by atoms with Crippen LogP contribution in [-0.4, -0.2) is 60.6 Å². The first-order chi connectivity index (χ1) is 16.4. The number of hydrogen-bond acceptors (Lipinski definition) is 6. The Morgan fingerprint density at radius 2 is 1.91 bits per heavy atom. The van der Waals surface area contributed by atoms with E-state index in [1.165, 1.54) is 18.3 Å². The van der Waals surface area contributed by atoms with Crippen molar-refractivity contribution in [3.8, 4) is 11.8 Å². The van der Waals surface area contributed by atoms with Gasteiger partial charge in [-0.25, -0.2) is 17.8 Å². The number of pyridine rings is 1. The molecule has 2 aromatic heterocycles. The van der Waals surface area contributed by atoms with Gasteiger partial charge in [0.15, 0.2) is 9.84 Å². The molecule has 34 heavy (non-hydrogen) atoms. The highest BCUT2D eigenvalue weighted by atomic mass is 32.2. The summed E-state index contributed by atoms with van der Waals surface area (Å²) < 4.78 is 36.9. The summed E-state index contributed by atoms with van der Waals surface area (Å²) in [6.07, 6.45) is 6.61. The zero-order valence-electron chi connectivity index (χ0n) is 18.4. The van der Waals surface area contributed by atoms with Gasteiger partial charge >= 0.3 is 0 Å². The van der Waals surface area contributed by atoms with Gasteiger partial charge in [-0.05, 0) is 48.7 Å². The van der Waals surface area contributed by atoms with Crippen LogP contribution in [0.15, 0.2) is 48.9 Å². The maximum absolute atomic E-state index is 13.2. The molecule has 0 unspecified atom stereocenters. The Morgan fingerprint density at radius 3 is 2.62 bits per heavy atom. The van der Waals surface area contributed by atoms with Gasteiger partial charge < -0.3 is 10.2 Å². The van der Waals surface area contributed by atoms with Gasteiger partial charge in [0.1, 0.15) is 11.6 Å². The Morgan fingerprint density at radius 1 is 1.15 bits per heavy atom. The van der Waals surface area contributed by atoms with Crippen molar-refractivity contribution < 1.29 is 17.6 Å². The highest BCUT2D eigenvalue weighted by Gasteiger charge is 2.24. The third-order valence-corrected chi connectivity index (χ3v) is 7.05. The van der Waals surface area contributed by atoms with Crippen LogP contribution in [0, 0.1) is 17.7 Å². The molecule has 0 radical (unpaired) electrons. The smallest absolute Gasteiger partial charge is 0.252 e. The molecule has 3 aromatic rings. The quantitative estimate of drug-likeness (QED) is 0.412. The number of nitrogens with one attached hydrogen (secondary N) is 2. The van der Waals surface area contributed by atoms with Crippen LogP contribution in [0.1, 0.15) is 33.5 Å². The Kier molecular flexibility index (Phi) is 7.23. The lowest BCUT2D eigenvalue weighted by atomic mass is 10.1. The maximum Gasteiger partial charge on any atom is 0.252 e. The number of carbonyl (C=O) groups is 1. The van der Waals surface area contributed by atoms with Crippen molar-refractivity contribution in [2.45, 2.75) is 12.8 Å². The summed E-state index contributed by atoms with van der Waals surface area (Å²) in [5, 5.41) is 9.55. The summed E-state index contributed by atoms with van der Waals surface area (Å²) in [6, 6.07) is 7.45. The molecule has 0 saturated carbocycles. The summed E-state index contributed by atoms with van der Waals surface area (Å²) in [4.78, 5) is 19.0. The molecule has 1 amide bonds. The third kappa shape index (κ3) is 6.20. The highest BCUT2D eigenvalue weighted by Crippen LogP contribution is 2.21. The summed E-state index contributed by atoms with van der Waals surface area (Å²) >= 11 is 0. The van der Waals surface area contributed by atoms with Crippen LogP contribution in [0.5, 0.6) is 0 Å². The average Bonchev–Trinajstić information content (AvgIpc) is 3.35. The SMILES string of the molecule is O=C(NCCCc1cn[nH]c1)c1cnc(N2CCS(=O)(=O)CC2)c(C#Cc2ccc(F)cc2)c1. The molecule has 8 nitrogen and oxygen atoms in total. The van der Waals surface area contributed by atoms with Gasteiger partial charge in [-0.2, -0.15) is 5.10 Å². The van der Waals surface area contributed by atoms with Gasteiger partial charge in [0, 0.05) is 37.6 Å². The first-order valence-corrected chi connectivity index (χ1v) is 12.7.